The van der Waals surface area contributed by atoms with E-state index in [1.54, 1.807) is 4.72 Å². The Labute approximate surface area is 185 Å². The third-order valence-corrected chi connectivity index (χ3v) is 6.05. The Morgan fingerprint density at radius 1 is 0.824 bits per heavy atom. The summed E-state index contributed by atoms with van der Waals surface area (Å²) >= 11 is 0. The topological polar surface area (TPSA) is 69.6 Å². The fourth-order valence-electron chi connectivity index (χ4n) is 2.73. The third-order valence-electron chi connectivity index (χ3n) is 4.64. The van der Waals surface area contributed by atoms with Gasteiger partial charge in [-0.05, 0) is 19.3 Å². The van der Waals surface area contributed by atoms with E-state index < -0.39 is 83.8 Å². The van der Waals surface area contributed by atoms with E-state index in [1.165, 1.54) is 7.05 Å². The van der Waals surface area contributed by atoms with Crippen molar-refractivity contribution in [3.8, 4) is 0 Å². The number of hydrogen-bond donors (Lipinski definition) is 2. The summed E-state index contributed by atoms with van der Waals surface area (Å²) < 4.78 is 194. The second-order valence-corrected chi connectivity index (χ2v) is 9.38. The zero-order chi connectivity index (χ0) is 27.4. The maximum Gasteiger partial charge on any atom is 0.431 e. The van der Waals surface area contributed by atoms with E-state index in [2.05, 4.69) is 0 Å². The van der Waals surface area contributed by atoms with Crippen LogP contribution in [0.25, 0.3) is 0 Å². The van der Waals surface area contributed by atoms with Crippen molar-refractivity contribution in [3.05, 3.63) is 0 Å². The van der Waals surface area contributed by atoms with Gasteiger partial charge in [0.2, 0.25) is 10.0 Å². The van der Waals surface area contributed by atoms with Gasteiger partial charge in [-0.1, -0.05) is 0 Å². The van der Waals surface area contributed by atoms with Crippen molar-refractivity contribution in [2.24, 2.45) is 11.8 Å². The fourth-order valence-corrected chi connectivity index (χ4v) is 3.92. The number of sulfonamides is 1. The number of hydrogen-bond acceptors (Lipinski definition) is 4. The first-order valence-electron chi connectivity index (χ1n) is 9.16. The molecule has 34 heavy (non-hydrogen) atoms. The van der Waals surface area contributed by atoms with E-state index in [0.717, 1.165) is 0 Å². The van der Waals surface area contributed by atoms with Crippen LogP contribution in [-0.4, -0.2) is 75.0 Å². The van der Waals surface area contributed by atoms with Crippen LogP contribution < -0.4 is 4.72 Å². The highest BCUT2D eigenvalue weighted by Crippen LogP contribution is 2.53. The van der Waals surface area contributed by atoms with E-state index in [-0.39, 0.29) is 13.0 Å². The highest BCUT2D eigenvalue weighted by atomic mass is 32.2. The van der Waals surface area contributed by atoms with Crippen LogP contribution in [0.3, 0.4) is 0 Å². The Hall–Kier alpha value is -1.08. The molecular formula is C15H21F13N2O3S. The molecule has 0 saturated carbocycles. The molecule has 0 aromatic carbocycles. The highest BCUT2D eigenvalue weighted by Gasteiger charge is 2.74. The highest BCUT2D eigenvalue weighted by molar-refractivity contribution is 7.89. The number of halogens is 13. The summed E-state index contributed by atoms with van der Waals surface area (Å²) in [6.45, 7) is -0.485. The van der Waals surface area contributed by atoms with Gasteiger partial charge in [0.1, 0.15) is 0 Å². The molecule has 0 fully saturated rings. The zero-order valence-electron chi connectivity index (χ0n) is 17.1. The number of hydroxylamine groups is 2. The van der Waals surface area contributed by atoms with Crippen LogP contribution in [0, 0.1) is 11.8 Å². The molecule has 206 valence electrons. The van der Waals surface area contributed by atoms with Crippen molar-refractivity contribution in [1.29, 1.82) is 0 Å². The van der Waals surface area contributed by atoms with Gasteiger partial charge in [-0.25, -0.2) is 17.5 Å². The van der Waals surface area contributed by atoms with Crippen LogP contribution in [-0.2, 0) is 10.0 Å². The average Bonchev–Trinajstić information content (AvgIpc) is 2.57. The van der Waals surface area contributed by atoms with Crippen LogP contribution in [0.4, 0.5) is 57.1 Å². The standard InChI is InChI=1S/C15H21F13N2O3S/c1-30(31)5-2-4-29-34(32,33)6-3-9(12(17,18)19)7-10(13(20,21)22)8-11(16,14(23,24)25)15(26,27)28/h9-10,29,31H,2-8H2,1H3. The molecule has 2 N–H and O–H groups in total. The molecule has 19 heteroatoms. The Kier molecular flexibility index (Phi) is 11.0. The zero-order valence-corrected chi connectivity index (χ0v) is 18.0. The number of alkyl halides is 13. The molecule has 0 aromatic heterocycles. The number of rotatable bonds is 12. The predicted molar refractivity (Wildman–Crippen MR) is 89.7 cm³/mol. The Morgan fingerprint density at radius 3 is 1.62 bits per heavy atom. The molecule has 0 saturated heterocycles. The van der Waals surface area contributed by atoms with Gasteiger partial charge in [-0.15, -0.1) is 0 Å². The van der Waals surface area contributed by atoms with Gasteiger partial charge in [-0.2, -0.15) is 57.7 Å². The number of nitrogens with one attached hydrogen (secondary N) is 1. The van der Waals surface area contributed by atoms with Gasteiger partial charge in [0.05, 0.1) is 17.6 Å². The first-order valence-corrected chi connectivity index (χ1v) is 10.8. The summed E-state index contributed by atoms with van der Waals surface area (Å²) in [7, 11) is -3.37. The lowest BCUT2D eigenvalue weighted by Crippen LogP contribution is -2.55. The molecule has 0 aliphatic heterocycles. The van der Waals surface area contributed by atoms with E-state index in [9.17, 15) is 65.5 Å². The van der Waals surface area contributed by atoms with Gasteiger partial charge in [-0.3, -0.25) is 0 Å². The largest absolute Gasteiger partial charge is 0.431 e. The molecule has 0 aliphatic rings. The van der Waals surface area contributed by atoms with Gasteiger partial charge < -0.3 is 5.21 Å². The molecular weight excluding hydrogens is 535 g/mol. The Morgan fingerprint density at radius 2 is 1.26 bits per heavy atom. The first-order chi connectivity index (χ1) is 14.8. The second kappa shape index (κ2) is 11.3. The van der Waals surface area contributed by atoms with Crippen molar-refractivity contribution in [2.75, 3.05) is 25.9 Å². The summed E-state index contributed by atoms with van der Waals surface area (Å²) in [6, 6.07) is 0. The Balaban J connectivity index is 5.71. The lowest BCUT2D eigenvalue weighted by atomic mass is 9.83. The molecule has 0 bridgehead atoms. The smallest absolute Gasteiger partial charge is 0.314 e. The molecule has 5 nitrogen and oxygen atoms in total. The van der Waals surface area contributed by atoms with E-state index in [4.69, 9.17) is 5.21 Å². The molecule has 0 amide bonds. The monoisotopic (exact) mass is 556 g/mol. The summed E-state index contributed by atoms with van der Waals surface area (Å²) in [5.41, 5.74) is -6.45. The van der Waals surface area contributed by atoms with E-state index in [1.807, 2.05) is 0 Å². The normalized spacial score (nSPS) is 16.7. The Bertz CT molecular complexity index is 716. The molecule has 2 unspecified atom stereocenters. The summed E-state index contributed by atoms with van der Waals surface area (Å²) in [6.07, 6.45) is -33.2. The summed E-state index contributed by atoms with van der Waals surface area (Å²) in [4.78, 5) is 0. The second-order valence-electron chi connectivity index (χ2n) is 7.45. The minimum Gasteiger partial charge on any atom is -0.314 e. The van der Waals surface area contributed by atoms with Crippen LogP contribution in [0.5, 0.6) is 0 Å². The summed E-state index contributed by atoms with van der Waals surface area (Å²) in [5.74, 6) is -8.84. The molecule has 0 rings (SSSR count). The molecule has 0 radical (unpaired) electrons. The van der Waals surface area contributed by atoms with Crippen LogP contribution in [0.1, 0.15) is 25.7 Å². The number of nitrogens with zero attached hydrogens (tertiary/aromatic N) is 1. The molecule has 0 aliphatic carbocycles. The minimum atomic E-state index is -6.92. The van der Waals surface area contributed by atoms with Crippen molar-refractivity contribution in [3.63, 3.8) is 0 Å². The lowest BCUT2D eigenvalue weighted by molar-refractivity contribution is -0.353. The predicted octanol–water partition coefficient (Wildman–Crippen LogP) is 4.98. The molecule has 0 heterocycles. The van der Waals surface area contributed by atoms with Crippen molar-refractivity contribution in [2.45, 2.75) is 56.1 Å². The van der Waals surface area contributed by atoms with Crippen molar-refractivity contribution in [1.82, 2.24) is 9.79 Å². The van der Waals surface area contributed by atoms with Gasteiger partial charge in [0.15, 0.2) is 0 Å². The lowest BCUT2D eigenvalue weighted by Gasteiger charge is -2.35. The van der Waals surface area contributed by atoms with Crippen LogP contribution in [0.2, 0.25) is 0 Å². The van der Waals surface area contributed by atoms with E-state index in [0.29, 0.717) is 5.06 Å². The van der Waals surface area contributed by atoms with E-state index >= 15 is 0 Å². The maximum absolute atomic E-state index is 13.8. The van der Waals surface area contributed by atoms with Crippen LogP contribution in [0.15, 0.2) is 0 Å². The maximum atomic E-state index is 13.8. The fraction of sp³-hybridized carbons (Fsp3) is 1.00. The quantitative estimate of drug-likeness (QED) is 0.202. The average molecular weight is 556 g/mol. The van der Waals surface area contributed by atoms with Gasteiger partial charge >= 0.3 is 24.7 Å². The molecule has 0 aromatic rings. The van der Waals surface area contributed by atoms with Crippen molar-refractivity contribution < 1.29 is 70.7 Å². The third kappa shape index (κ3) is 10.3. The molecule has 2 atom stereocenters. The van der Waals surface area contributed by atoms with Crippen molar-refractivity contribution >= 4 is 10.0 Å². The van der Waals surface area contributed by atoms with Gasteiger partial charge in [0, 0.05) is 26.6 Å². The van der Waals surface area contributed by atoms with Crippen LogP contribution >= 0.6 is 0 Å². The van der Waals surface area contributed by atoms with Gasteiger partial charge in [0.25, 0.3) is 5.67 Å². The first kappa shape index (κ1) is 32.9. The SMILES string of the molecule is CN(O)CCCNS(=O)(=O)CCC(CC(CC(F)(C(F)(F)F)C(F)(F)F)C(F)(F)F)C(F)(F)F. The molecule has 0 spiro atoms. The summed E-state index contributed by atoms with van der Waals surface area (Å²) in [5, 5.41) is 9.49. The minimum absolute atomic E-state index is 0.0431.